The van der Waals surface area contributed by atoms with Crippen LogP contribution in [0.5, 0.6) is 5.75 Å². The Morgan fingerprint density at radius 2 is 2.29 bits per heavy atom. The van der Waals surface area contributed by atoms with Gasteiger partial charge in [-0.2, -0.15) is 0 Å². The first-order valence-electron chi connectivity index (χ1n) is 5.84. The molecule has 4 heteroatoms. The smallest absolute Gasteiger partial charge is 0.407 e. The standard InChI is InChI=1S/C13H17NO3/c1-9(2)16-13(15)14-8-11-7-10-5-3-4-6-12(10)17-11/h3-6,9,11H,7-8H2,1-2H3,(H,14,15). The summed E-state index contributed by atoms with van der Waals surface area (Å²) in [5.41, 5.74) is 1.19. The maximum absolute atomic E-state index is 11.3. The van der Waals surface area contributed by atoms with Gasteiger partial charge in [0.1, 0.15) is 11.9 Å². The molecule has 0 radical (unpaired) electrons. The highest BCUT2D eigenvalue weighted by atomic mass is 16.6. The van der Waals surface area contributed by atoms with Crippen molar-refractivity contribution in [2.75, 3.05) is 6.54 Å². The largest absolute Gasteiger partial charge is 0.488 e. The number of hydrogen-bond acceptors (Lipinski definition) is 3. The first kappa shape index (κ1) is 11.8. The molecule has 1 aromatic carbocycles. The van der Waals surface area contributed by atoms with E-state index >= 15 is 0 Å². The zero-order valence-electron chi connectivity index (χ0n) is 10.1. The van der Waals surface area contributed by atoms with Crippen LogP contribution in [0.15, 0.2) is 24.3 Å². The third-order valence-electron chi connectivity index (χ3n) is 2.53. The Balaban J connectivity index is 1.78. The van der Waals surface area contributed by atoms with Gasteiger partial charge in [0, 0.05) is 6.42 Å². The molecule has 1 aliphatic heterocycles. The minimum atomic E-state index is -0.389. The van der Waals surface area contributed by atoms with Gasteiger partial charge in [-0.3, -0.25) is 0 Å². The molecule has 1 aromatic rings. The van der Waals surface area contributed by atoms with Gasteiger partial charge in [0.05, 0.1) is 12.6 Å². The minimum Gasteiger partial charge on any atom is -0.488 e. The van der Waals surface area contributed by atoms with E-state index in [0.29, 0.717) is 6.54 Å². The number of amides is 1. The van der Waals surface area contributed by atoms with Crippen LogP contribution in [0.4, 0.5) is 4.79 Å². The Hall–Kier alpha value is -1.71. The first-order valence-corrected chi connectivity index (χ1v) is 5.84. The molecule has 1 aliphatic rings. The summed E-state index contributed by atoms with van der Waals surface area (Å²) in [6.07, 6.45) is 0.348. The number of para-hydroxylation sites is 1. The Morgan fingerprint density at radius 3 is 3.00 bits per heavy atom. The van der Waals surface area contributed by atoms with Crippen molar-refractivity contribution < 1.29 is 14.3 Å². The summed E-state index contributed by atoms with van der Waals surface area (Å²) in [5, 5.41) is 2.70. The number of carbonyl (C=O) groups is 1. The highest BCUT2D eigenvalue weighted by Crippen LogP contribution is 2.27. The van der Waals surface area contributed by atoms with Gasteiger partial charge < -0.3 is 14.8 Å². The number of ether oxygens (including phenoxy) is 2. The van der Waals surface area contributed by atoms with Crippen molar-refractivity contribution in [3.63, 3.8) is 0 Å². The van der Waals surface area contributed by atoms with E-state index in [9.17, 15) is 4.79 Å². The Kier molecular flexibility index (Phi) is 3.52. The Labute approximate surface area is 101 Å². The molecule has 4 nitrogen and oxygen atoms in total. The van der Waals surface area contributed by atoms with Gasteiger partial charge in [-0.05, 0) is 25.5 Å². The maximum atomic E-state index is 11.3. The third kappa shape index (κ3) is 3.12. The molecular formula is C13H17NO3. The van der Waals surface area contributed by atoms with Gasteiger partial charge >= 0.3 is 6.09 Å². The molecule has 1 amide bonds. The van der Waals surface area contributed by atoms with Crippen LogP contribution in [0.1, 0.15) is 19.4 Å². The molecule has 0 aliphatic carbocycles. The zero-order valence-corrected chi connectivity index (χ0v) is 10.1. The topological polar surface area (TPSA) is 47.6 Å². The number of alkyl carbamates (subject to hydrolysis) is 1. The lowest BCUT2D eigenvalue weighted by atomic mass is 10.1. The lowest BCUT2D eigenvalue weighted by Gasteiger charge is -2.13. The third-order valence-corrected chi connectivity index (χ3v) is 2.53. The molecule has 1 atom stereocenters. The molecular weight excluding hydrogens is 218 g/mol. The van der Waals surface area contributed by atoms with Crippen LogP contribution in [0.2, 0.25) is 0 Å². The van der Waals surface area contributed by atoms with Crippen LogP contribution in [0.25, 0.3) is 0 Å². The van der Waals surface area contributed by atoms with Crippen molar-refractivity contribution in [1.29, 1.82) is 0 Å². The molecule has 0 bridgehead atoms. The second-order valence-corrected chi connectivity index (χ2v) is 4.39. The summed E-state index contributed by atoms with van der Waals surface area (Å²) in [7, 11) is 0. The van der Waals surface area contributed by atoms with Gasteiger partial charge in [0.15, 0.2) is 0 Å². The summed E-state index contributed by atoms with van der Waals surface area (Å²) in [4.78, 5) is 11.3. The summed E-state index contributed by atoms with van der Waals surface area (Å²) in [6, 6.07) is 7.93. The van der Waals surface area contributed by atoms with Gasteiger partial charge in [-0.25, -0.2) is 4.79 Å². The molecule has 17 heavy (non-hydrogen) atoms. The molecule has 2 rings (SSSR count). The number of hydrogen-bond donors (Lipinski definition) is 1. The van der Waals surface area contributed by atoms with E-state index in [4.69, 9.17) is 9.47 Å². The van der Waals surface area contributed by atoms with Crippen LogP contribution < -0.4 is 10.1 Å². The normalized spacial score (nSPS) is 17.5. The van der Waals surface area contributed by atoms with Crippen molar-refractivity contribution in [3.8, 4) is 5.75 Å². The average Bonchev–Trinajstić information content (AvgIpc) is 2.68. The van der Waals surface area contributed by atoms with Crippen molar-refractivity contribution in [2.45, 2.75) is 32.5 Å². The molecule has 0 saturated heterocycles. The summed E-state index contributed by atoms with van der Waals surface area (Å²) < 4.78 is 10.7. The van der Waals surface area contributed by atoms with E-state index in [1.54, 1.807) is 0 Å². The fourth-order valence-corrected chi connectivity index (χ4v) is 1.82. The second kappa shape index (κ2) is 5.08. The monoisotopic (exact) mass is 235 g/mol. The first-order chi connectivity index (χ1) is 8.15. The highest BCUT2D eigenvalue weighted by molar-refractivity contribution is 5.67. The summed E-state index contributed by atoms with van der Waals surface area (Å²) >= 11 is 0. The quantitative estimate of drug-likeness (QED) is 0.873. The van der Waals surface area contributed by atoms with Crippen LogP contribution in [0.3, 0.4) is 0 Å². The van der Waals surface area contributed by atoms with Gasteiger partial charge in [0.25, 0.3) is 0 Å². The van der Waals surface area contributed by atoms with E-state index in [0.717, 1.165) is 12.2 Å². The number of fused-ring (bicyclic) bond motifs is 1. The molecule has 1 N–H and O–H groups in total. The number of rotatable bonds is 3. The Bertz CT molecular complexity index is 378. The fraction of sp³-hybridized carbons (Fsp3) is 0.462. The molecule has 0 fully saturated rings. The predicted octanol–water partition coefficient (Wildman–Crippen LogP) is 2.12. The second-order valence-electron chi connectivity index (χ2n) is 4.39. The van der Waals surface area contributed by atoms with Crippen molar-refractivity contribution in [2.24, 2.45) is 0 Å². The van der Waals surface area contributed by atoms with Crippen LogP contribution >= 0.6 is 0 Å². The highest BCUT2D eigenvalue weighted by Gasteiger charge is 2.22. The van der Waals surface area contributed by atoms with Gasteiger partial charge in [-0.1, -0.05) is 18.2 Å². The van der Waals surface area contributed by atoms with E-state index in [1.165, 1.54) is 5.56 Å². The van der Waals surface area contributed by atoms with Crippen LogP contribution in [-0.4, -0.2) is 24.8 Å². The lowest BCUT2D eigenvalue weighted by molar-refractivity contribution is 0.111. The molecule has 0 spiro atoms. The van der Waals surface area contributed by atoms with E-state index in [-0.39, 0.29) is 18.3 Å². The fourth-order valence-electron chi connectivity index (χ4n) is 1.82. The van der Waals surface area contributed by atoms with Crippen molar-refractivity contribution >= 4 is 6.09 Å². The van der Waals surface area contributed by atoms with Gasteiger partial charge in [-0.15, -0.1) is 0 Å². The molecule has 0 aromatic heterocycles. The van der Waals surface area contributed by atoms with E-state index < -0.39 is 0 Å². The SMILES string of the molecule is CC(C)OC(=O)NCC1Cc2ccccc2O1. The maximum Gasteiger partial charge on any atom is 0.407 e. The molecule has 92 valence electrons. The molecule has 0 saturated carbocycles. The zero-order chi connectivity index (χ0) is 12.3. The lowest BCUT2D eigenvalue weighted by Crippen LogP contribution is -2.35. The van der Waals surface area contributed by atoms with Crippen molar-refractivity contribution in [3.05, 3.63) is 29.8 Å². The minimum absolute atomic E-state index is 0.00659. The van der Waals surface area contributed by atoms with Crippen LogP contribution in [0, 0.1) is 0 Å². The van der Waals surface area contributed by atoms with Crippen LogP contribution in [-0.2, 0) is 11.2 Å². The van der Waals surface area contributed by atoms with E-state index in [1.807, 2.05) is 38.1 Å². The summed E-state index contributed by atoms with van der Waals surface area (Å²) in [6.45, 7) is 4.11. The number of nitrogens with one attached hydrogen (secondary N) is 1. The molecule has 1 heterocycles. The van der Waals surface area contributed by atoms with Gasteiger partial charge in [0.2, 0.25) is 0 Å². The summed E-state index contributed by atoms with van der Waals surface area (Å²) in [5.74, 6) is 0.913. The van der Waals surface area contributed by atoms with E-state index in [2.05, 4.69) is 5.32 Å². The Morgan fingerprint density at radius 1 is 1.53 bits per heavy atom. The van der Waals surface area contributed by atoms with Crippen molar-refractivity contribution in [1.82, 2.24) is 5.32 Å². The predicted molar refractivity (Wildman–Crippen MR) is 64.2 cm³/mol. The number of carbonyl (C=O) groups excluding carboxylic acids is 1. The number of benzene rings is 1. The molecule has 1 unspecified atom stereocenters. The average molecular weight is 235 g/mol.